The second-order valence-corrected chi connectivity index (χ2v) is 6.77. The molecule has 0 aliphatic heterocycles. The molecule has 0 saturated heterocycles. The molecule has 158 valence electrons. The van der Waals surface area contributed by atoms with Gasteiger partial charge in [0, 0.05) is 23.3 Å². The molecule has 9 nitrogen and oxygen atoms in total. The topological polar surface area (TPSA) is 129 Å². The summed E-state index contributed by atoms with van der Waals surface area (Å²) in [6, 6.07) is 17.4. The maximum Gasteiger partial charge on any atom is 0.272 e. The number of hydrogen-bond donors (Lipinski definition) is 3. The summed E-state index contributed by atoms with van der Waals surface area (Å²) in [7, 11) is 0. The number of benzene rings is 2. The number of rotatable bonds is 6. The van der Waals surface area contributed by atoms with Crippen LogP contribution in [0.5, 0.6) is 0 Å². The SMILES string of the molecule is O=C(N[C@@H](C(=O)N/N=C\c1ccncc1)c1n[nH]c(=O)c2ccccc12)c1ccccc1. The van der Waals surface area contributed by atoms with Gasteiger partial charge in [0.15, 0.2) is 6.04 Å². The maximum absolute atomic E-state index is 13.0. The lowest BCUT2D eigenvalue weighted by Crippen LogP contribution is -2.40. The van der Waals surface area contributed by atoms with Gasteiger partial charge < -0.3 is 5.32 Å². The first kappa shape index (κ1) is 20.6. The molecule has 0 spiro atoms. The minimum Gasteiger partial charge on any atom is -0.335 e. The van der Waals surface area contributed by atoms with Crippen LogP contribution in [0.4, 0.5) is 0 Å². The van der Waals surface area contributed by atoms with Crippen LogP contribution in [-0.4, -0.2) is 33.2 Å². The highest BCUT2D eigenvalue weighted by atomic mass is 16.2. The molecular formula is C23H18N6O3. The van der Waals surface area contributed by atoms with Gasteiger partial charge in [0.1, 0.15) is 5.69 Å². The lowest BCUT2D eigenvalue weighted by atomic mass is 10.0. The van der Waals surface area contributed by atoms with Gasteiger partial charge in [-0.05, 0) is 35.9 Å². The Bertz CT molecular complexity index is 1340. The van der Waals surface area contributed by atoms with Gasteiger partial charge in [0.2, 0.25) is 0 Å². The van der Waals surface area contributed by atoms with Crippen molar-refractivity contribution >= 4 is 28.8 Å². The highest BCUT2D eigenvalue weighted by molar-refractivity contribution is 5.99. The Labute approximate surface area is 182 Å². The summed E-state index contributed by atoms with van der Waals surface area (Å²) in [5.41, 5.74) is 3.34. The van der Waals surface area contributed by atoms with Crippen LogP contribution in [0.2, 0.25) is 0 Å². The lowest BCUT2D eigenvalue weighted by Gasteiger charge is -2.18. The number of H-pyrrole nitrogens is 1. The number of carbonyl (C=O) groups excluding carboxylic acids is 2. The first-order valence-corrected chi connectivity index (χ1v) is 9.69. The average Bonchev–Trinajstić information content (AvgIpc) is 2.84. The van der Waals surface area contributed by atoms with Crippen LogP contribution in [0.25, 0.3) is 10.8 Å². The molecule has 4 aromatic rings. The normalized spacial score (nSPS) is 11.9. The number of pyridine rings is 1. The highest BCUT2D eigenvalue weighted by Crippen LogP contribution is 2.20. The van der Waals surface area contributed by atoms with E-state index < -0.39 is 23.4 Å². The number of nitrogens with zero attached hydrogens (tertiary/aromatic N) is 3. The van der Waals surface area contributed by atoms with Crippen LogP contribution in [-0.2, 0) is 4.79 Å². The number of amides is 2. The summed E-state index contributed by atoms with van der Waals surface area (Å²) in [6.45, 7) is 0. The van der Waals surface area contributed by atoms with E-state index in [1.165, 1.54) is 6.21 Å². The molecule has 0 unspecified atom stereocenters. The quantitative estimate of drug-likeness (QED) is 0.321. The fourth-order valence-electron chi connectivity index (χ4n) is 3.10. The molecule has 0 bridgehead atoms. The van der Waals surface area contributed by atoms with E-state index in [4.69, 9.17) is 0 Å². The number of nitrogens with one attached hydrogen (secondary N) is 3. The van der Waals surface area contributed by atoms with Gasteiger partial charge in [0.05, 0.1) is 11.6 Å². The van der Waals surface area contributed by atoms with E-state index in [1.54, 1.807) is 79.1 Å². The summed E-state index contributed by atoms with van der Waals surface area (Å²) in [4.78, 5) is 41.9. The number of hydrazone groups is 1. The highest BCUT2D eigenvalue weighted by Gasteiger charge is 2.27. The predicted octanol–water partition coefficient (Wildman–Crippen LogP) is 1.94. The molecule has 2 amide bonds. The van der Waals surface area contributed by atoms with Crippen LogP contribution in [0.3, 0.4) is 0 Å². The summed E-state index contributed by atoms with van der Waals surface area (Å²) in [6.07, 6.45) is 4.65. The van der Waals surface area contributed by atoms with E-state index in [-0.39, 0.29) is 5.69 Å². The molecule has 2 aromatic heterocycles. The van der Waals surface area contributed by atoms with Crippen molar-refractivity contribution in [1.29, 1.82) is 0 Å². The molecule has 3 N–H and O–H groups in total. The van der Waals surface area contributed by atoms with Crippen molar-refractivity contribution in [2.24, 2.45) is 5.10 Å². The number of hydrogen-bond acceptors (Lipinski definition) is 6. The Morgan fingerprint density at radius 2 is 1.62 bits per heavy atom. The van der Waals surface area contributed by atoms with Crippen molar-refractivity contribution in [2.45, 2.75) is 6.04 Å². The molecule has 0 fully saturated rings. The third kappa shape index (κ3) is 4.57. The molecule has 0 aliphatic rings. The van der Waals surface area contributed by atoms with Crippen LogP contribution in [0.15, 0.2) is 89.0 Å². The van der Waals surface area contributed by atoms with Crippen molar-refractivity contribution in [3.05, 3.63) is 106 Å². The van der Waals surface area contributed by atoms with Crippen LogP contribution < -0.4 is 16.3 Å². The molecule has 0 radical (unpaired) electrons. The van der Waals surface area contributed by atoms with E-state index in [1.807, 2.05) is 0 Å². The van der Waals surface area contributed by atoms with E-state index >= 15 is 0 Å². The van der Waals surface area contributed by atoms with Gasteiger partial charge in [-0.3, -0.25) is 19.4 Å². The van der Waals surface area contributed by atoms with Gasteiger partial charge in [-0.2, -0.15) is 10.2 Å². The molecule has 32 heavy (non-hydrogen) atoms. The zero-order valence-electron chi connectivity index (χ0n) is 16.7. The Balaban J connectivity index is 1.68. The van der Waals surface area contributed by atoms with Crippen LogP contribution in [0, 0.1) is 0 Å². The largest absolute Gasteiger partial charge is 0.335 e. The molecule has 0 aliphatic carbocycles. The Hall–Kier alpha value is -4.66. The predicted molar refractivity (Wildman–Crippen MR) is 119 cm³/mol. The van der Waals surface area contributed by atoms with Gasteiger partial charge in [-0.25, -0.2) is 10.5 Å². The van der Waals surface area contributed by atoms with Gasteiger partial charge >= 0.3 is 0 Å². The van der Waals surface area contributed by atoms with Crippen molar-refractivity contribution in [2.75, 3.05) is 0 Å². The third-order valence-corrected chi connectivity index (χ3v) is 4.67. The molecule has 0 saturated carbocycles. The van der Waals surface area contributed by atoms with Crippen molar-refractivity contribution < 1.29 is 9.59 Å². The Morgan fingerprint density at radius 1 is 0.938 bits per heavy atom. The Kier molecular flexibility index (Phi) is 6.08. The molecule has 2 aromatic carbocycles. The second-order valence-electron chi connectivity index (χ2n) is 6.77. The molecule has 9 heteroatoms. The zero-order chi connectivity index (χ0) is 22.3. The average molecular weight is 426 g/mol. The smallest absolute Gasteiger partial charge is 0.272 e. The monoisotopic (exact) mass is 426 g/mol. The second kappa shape index (κ2) is 9.43. The molecule has 1 atom stereocenters. The van der Waals surface area contributed by atoms with Crippen LogP contribution in [0.1, 0.15) is 27.7 Å². The number of aromatic amines is 1. The maximum atomic E-state index is 13.0. The minimum atomic E-state index is -1.21. The fraction of sp³-hybridized carbons (Fsp3) is 0.0435. The van der Waals surface area contributed by atoms with Crippen molar-refractivity contribution in [3.63, 3.8) is 0 Å². The first-order chi connectivity index (χ1) is 15.6. The number of carbonyl (C=O) groups is 2. The standard InChI is InChI=1S/C23H18N6O3/c30-21(16-6-2-1-3-7-16)26-20(23(32)28-25-14-15-10-12-24-13-11-15)19-17-8-4-5-9-18(17)22(31)29-27-19/h1-14,20H,(H,26,30)(H,28,32)(H,29,31)/b25-14-/t20-/m1/s1. The van der Waals surface area contributed by atoms with E-state index in [0.29, 0.717) is 16.3 Å². The zero-order valence-corrected chi connectivity index (χ0v) is 16.7. The lowest BCUT2D eigenvalue weighted by molar-refractivity contribution is -0.123. The first-order valence-electron chi connectivity index (χ1n) is 9.69. The molecule has 2 heterocycles. The number of fused-ring (bicyclic) bond motifs is 1. The molecular weight excluding hydrogens is 408 g/mol. The van der Waals surface area contributed by atoms with Gasteiger partial charge in [-0.15, -0.1) is 0 Å². The summed E-state index contributed by atoms with van der Waals surface area (Å²) < 4.78 is 0. The van der Waals surface area contributed by atoms with E-state index in [0.717, 1.165) is 5.56 Å². The minimum absolute atomic E-state index is 0.195. The number of aromatic nitrogens is 3. The Morgan fingerprint density at radius 3 is 2.38 bits per heavy atom. The summed E-state index contributed by atoms with van der Waals surface area (Å²) in [5, 5.41) is 13.9. The van der Waals surface area contributed by atoms with E-state index in [2.05, 4.69) is 31.0 Å². The van der Waals surface area contributed by atoms with Crippen molar-refractivity contribution in [1.82, 2.24) is 25.9 Å². The van der Waals surface area contributed by atoms with Gasteiger partial charge in [0.25, 0.3) is 17.4 Å². The van der Waals surface area contributed by atoms with Crippen molar-refractivity contribution in [3.8, 4) is 0 Å². The molecule has 4 rings (SSSR count). The third-order valence-electron chi connectivity index (χ3n) is 4.67. The summed E-state index contributed by atoms with van der Waals surface area (Å²) >= 11 is 0. The van der Waals surface area contributed by atoms with Gasteiger partial charge in [-0.1, -0.05) is 36.4 Å². The van der Waals surface area contributed by atoms with E-state index in [9.17, 15) is 14.4 Å². The van der Waals surface area contributed by atoms with Crippen LogP contribution >= 0.6 is 0 Å². The fourth-order valence-corrected chi connectivity index (χ4v) is 3.10. The summed E-state index contributed by atoms with van der Waals surface area (Å²) in [5.74, 6) is -1.09.